The van der Waals surface area contributed by atoms with Gasteiger partial charge in [-0.1, -0.05) is 19.1 Å². The van der Waals surface area contributed by atoms with Gasteiger partial charge in [0.05, 0.1) is 18.4 Å². The third-order valence-corrected chi connectivity index (χ3v) is 4.74. The fourth-order valence-electron chi connectivity index (χ4n) is 1.89. The average Bonchev–Trinajstić information content (AvgIpc) is 2.46. The van der Waals surface area contributed by atoms with E-state index in [1.807, 2.05) is 0 Å². The Morgan fingerprint density at radius 2 is 2.00 bits per heavy atom. The number of hydrogen-bond donors (Lipinski definition) is 1. The summed E-state index contributed by atoms with van der Waals surface area (Å²) < 4.78 is 30.5. The first-order chi connectivity index (χ1) is 10.3. The fourth-order valence-corrected chi connectivity index (χ4v) is 3.44. The first kappa shape index (κ1) is 18.1. The molecule has 0 amide bonds. The Balaban J connectivity index is 3.12. The van der Waals surface area contributed by atoms with E-state index in [0.29, 0.717) is 12.0 Å². The number of carbonyl (C=O) groups excluding carboxylic acids is 1. The van der Waals surface area contributed by atoms with Crippen LogP contribution in [0, 0.1) is 0 Å². The molecule has 0 aromatic heterocycles. The molecule has 0 saturated carbocycles. The number of rotatable bonds is 8. The summed E-state index contributed by atoms with van der Waals surface area (Å²) in [6, 6.07) is 5.85. The van der Waals surface area contributed by atoms with Gasteiger partial charge >= 0.3 is 11.9 Å². The molecule has 0 unspecified atom stereocenters. The van der Waals surface area contributed by atoms with E-state index in [-0.39, 0.29) is 17.9 Å². The Labute approximate surface area is 129 Å². The molecule has 22 heavy (non-hydrogen) atoms. The number of carboxylic acids is 1. The zero-order chi connectivity index (χ0) is 16.8. The molecule has 0 fully saturated rings. The van der Waals surface area contributed by atoms with Crippen molar-refractivity contribution in [1.82, 2.24) is 4.31 Å². The number of sulfonamides is 1. The van der Waals surface area contributed by atoms with E-state index in [2.05, 4.69) is 4.74 Å². The highest BCUT2D eigenvalue weighted by molar-refractivity contribution is 7.89. The van der Waals surface area contributed by atoms with Crippen LogP contribution in [0.1, 0.15) is 18.9 Å². The predicted molar refractivity (Wildman–Crippen MR) is 78.8 cm³/mol. The third kappa shape index (κ3) is 4.81. The fraction of sp³-hybridized carbons (Fsp3) is 0.429. The summed E-state index contributed by atoms with van der Waals surface area (Å²) in [5.41, 5.74) is 0.486. The second kappa shape index (κ2) is 7.90. The van der Waals surface area contributed by atoms with Crippen LogP contribution in [0.15, 0.2) is 29.2 Å². The molecule has 1 aromatic carbocycles. The van der Waals surface area contributed by atoms with Crippen molar-refractivity contribution in [2.75, 3.05) is 20.2 Å². The van der Waals surface area contributed by atoms with Gasteiger partial charge in [-0.25, -0.2) is 8.42 Å². The highest BCUT2D eigenvalue weighted by atomic mass is 32.2. The van der Waals surface area contributed by atoms with Crippen LogP contribution in [0.3, 0.4) is 0 Å². The van der Waals surface area contributed by atoms with E-state index in [9.17, 15) is 18.0 Å². The monoisotopic (exact) mass is 329 g/mol. The average molecular weight is 329 g/mol. The highest BCUT2D eigenvalue weighted by Gasteiger charge is 2.26. The van der Waals surface area contributed by atoms with E-state index >= 15 is 0 Å². The molecule has 0 spiro atoms. The van der Waals surface area contributed by atoms with Crippen LogP contribution in [-0.2, 0) is 30.8 Å². The van der Waals surface area contributed by atoms with Crippen molar-refractivity contribution < 1.29 is 27.9 Å². The Bertz CT molecular complexity index is 640. The summed E-state index contributed by atoms with van der Waals surface area (Å²) in [5.74, 6) is -1.70. The van der Waals surface area contributed by atoms with Gasteiger partial charge in [0.2, 0.25) is 10.0 Å². The Hall–Kier alpha value is -1.93. The van der Waals surface area contributed by atoms with Crippen LogP contribution in [-0.4, -0.2) is 50.0 Å². The molecule has 8 heteroatoms. The summed E-state index contributed by atoms with van der Waals surface area (Å²) in [4.78, 5) is 22.1. The standard InChI is InChI=1S/C14H19NO6S/c1-3-7-15(10-13(16)17)22(19,20)12-6-4-5-11(8-12)9-14(18)21-2/h4-6,8H,3,7,9-10H2,1-2H3,(H,16,17). The van der Waals surface area contributed by atoms with Gasteiger partial charge in [-0.2, -0.15) is 4.31 Å². The zero-order valence-corrected chi connectivity index (χ0v) is 13.3. The maximum absolute atomic E-state index is 12.5. The van der Waals surface area contributed by atoms with Crippen LogP contribution in [0.2, 0.25) is 0 Å². The minimum atomic E-state index is -3.92. The number of aliphatic carboxylic acids is 1. The summed E-state index contributed by atoms with van der Waals surface area (Å²) in [6.45, 7) is 1.27. The van der Waals surface area contributed by atoms with Gasteiger partial charge in [-0.05, 0) is 24.1 Å². The van der Waals surface area contributed by atoms with Crippen LogP contribution in [0.5, 0.6) is 0 Å². The van der Waals surface area contributed by atoms with Gasteiger partial charge in [0, 0.05) is 6.54 Å². The van der Waals surface area contributed by atoms with Gasteiger partial charge < -0.3 is 9.84 Å². The summed E-state index contributed by atoms with van der Waals surface area (Å²) in [7, 11) is -2.67. The van der Waals surface area contributed by atoms with E-state index < -0.39 is 28.5 Å². The van der Waals surface area contributed by atoms with E-state index in [0.717, 1.165) is 4.31 Å². The largest absolute Gasteiger partial charge is 0.480 e. The molecule has 122 valence electrons. The molecule has 1 aromatic rings. The summed E-state index contributed by atoms with van der Waals surface area (Å²) >= 11 is 0. The predicted octanol–water partition coefficient (Wildman–Crippen LogP) is 0.887. The minimum absolute atomic E-state index is 0.0383. The second-order valence-electron chi connectivity index (χ2n) is 4.63. The van der Waals surface area contributed by atoms with E-state index in [4.69, 9.17) is 5.11 Å². The Morgan fingerprint density at radius 3 is 2.55 bits per heavy atom. The third-order valence-electron chi connectivity index (χ3n) is 2.90. The number of nitrogens with zero attached hydrogens (tertiary/aromatic N) is 1. The molecule has 7 nitrogen and oxygen atoms in total. The number of carbonyl (C=O) groups is 2. The highest BCUT2D eigenvalue weighted by Crippen LogP contribution is 2.18. The Kier molecular flexibility index (Phi) is 6.51. The number of carboxylic acid groups (broad SMARTS) is 1. The number of benzene rings is 1. The lowest BCUT2D eigenvalue weighted by atomic mass is 10.1. The zero-order valence-electron chi connectivity index (χ0n) is 12.5. The molecule has 0 aliphatic rings. The van der Waals surface area contributed by atoms with Gasteiger partial charge in [-0.3, -0.25) is 9.59 Å². The number of methoxy groups -OCH3 is 1. The van der Waals surface area contributed by atoms with Crippen molar-refractivity contribution in [1.29, 1.82) is 0 Å². The molecular weight excluding hydrogens is 310 g/mol. The topological polar surface area (TPSA) is 101 Å². The van der Waals surface area contributed by atoms with Crippen molar-refractivity contribution in [3.05, 3.63) is 29.8 Å². The van der Waals surface area contributed by atoms with Crippen molar-refractivity contribution in [3.63, 3.8) is 0 Å². The number of hydrogen-bond acceptors (Lipinski definition) is 5. The lowest BCUT2D eigenvalue weighted by Crippen LogP contribution is -2.36. The Morgan fingerprint density at radius 1 is 1.32 bits per heavy atom. The number of ether oxygens (including phenoxy) is 1. The van der Waals surface area contributed by atoms with Crippen molar-refractivity contribution in [2.45, 2.75) is 24.7 Å². The molecule has 0 aliphatic heterocycles. The van der Waals surface area contributed by atoms with Crippen molar-refractivity contribution >= 4 is 22.0 Å². The lowest BCUT2D eigenvalue weighted by molar-refractivity contribution is -0.140. The minimum Gasteiger partial charge on any atom is -0.480 e. The van der Waals surface area contributed by atoms with Crippen molar-refractivity contribution in [3.8, 4) is 0 Å². The van der Waals surface area contributed by atoms with Crippen LogP contribution in [0.4, 0.5) is 0 Å². The normalized spacial score (nSPS) is 11.4. The van der Waals surface area contributed by atoms with E-state index in [1.165, 1.54) is 25.3 Å². The second-order valence-corrected chi connectivity index (χ2v) is 6.57. The van der Waals surface area contributed by atoms with Crippen LogP contribution >= 0.6 is 0 Å². The first-order valence-electron chi connectivity index (χ1n) is 6.69. The van der Waals surface area contributed by atoms with Gasteiger partial charge in [0.25, 0.3) is 0 Å². The van der Waals surface area contributed by atoms with Gasteiger partial charge in [-0.15, -0.1) is 0 Å². The number of esters is 1. The smallest absolute Gasteiger partial charge is 0.318 e. The van der Waals surface area contributed by atoms with Crippen LogP contribution in [0.25, 0.3) is 0 Å². The molecule has 0 radical (unpaired) electrons. The van der Waals surface area contributed by atoms with E-state index in [1.54, 1.807) is 13.0 Å². The molecular formula is C14H19NO6S. The van der Waals surface area contributed by atoms with Gasteiger partial charge in [0.15, 0.2) is 0 Å². The van der Waals surface area contributed by atoms with Gasteiger partial charge in [0.1, 0.15) is 6.54 Å². The summed E-state index contributed by atoms with van der Waals surface area (Å²) in [5, 5.41) is 8.86. The quantitative estimate of drug-likeness (QED) is 0.711. The van der Waals surface area contributed by atoms with Crippen molar-refractivity contribution in [2.24, 2.45) is 0 Å². The molecule has 0 bridgehead atoms. The lowest BCUT2D eigenvalue weighted by Gasteiger charge is -2.20. The molecule has 0 atom stereocenters. The van der Waals surface area contributed by atoms with Crippen LogP contribution < -0.4 is 0 Å². The maximum Gasteiger partial charge on any atom is 0.318 e. The first-order valence-corrected chi connectivity index (χ1v) is 8.13. The molecule has 0 saturated heterocycles. The maximum atomic E-state index is 12.5. The molecule has 0 aliphatic carbocycles. The molecule has 0 heterocycles. The summed E-state index contributed by atoms with van der Waals surface area (Å²) in [6.07, 6.45) is 0.445. The molecule has 1 rings (SSSR count). The SMILES string of the molecule is CCCN(CC(=O)O)S(=O)(=O)c1cccc(CC(=O)OC)c1. The molecule has 1 N–H and O–H groups in total.